The molecule has 0 atom stereocenters. The minimum absolute atomic E-state index is 0.0418. The van der Waals surface area contributed by atoms with E-state index in [9.17, 15) is 24.3 Å². The van der Waals surface area contributed by atoms with Crippen LogP contribution in [0.1, 0.15) is 26.3 Å². The Morgan fingerprint density at radius 3 is 1.76 bits per heavy atom. The van der Waals surface area contributed by atoms with Crippen LogP contribution < -0.4 is 10.6 Å². The molecule has 3 aromatic rings. The molecule has 0 heterocycles. The molecule has 0 saturated heterocycles. The first kappa shape index (κ1) is 24.9. The monoisotopic (exact) mass is 500 g/mol. The van der Waals surface area contributed by atoms with Crippen LogP contribution in [0.15, 0.2) is 66.7 Å². The summed E-state index contributed by atoms with van der Waals surface area (Å²) >= 11 is 11.8. The quantitative estimate of drug-likeness (QED) is 0.371. The standard InChI is InChI=1S/C24H18Cl2N2O6/c25-15-6-8-19(17(10-15)23(31)14-4-2-1-3-5-14)27-21(29)12-34-13-22(30)28-20-9-7-16(26)11-18(20)24(32)33/h1-11H,12-13H2,(H,27,29)(H,28,30)(H,32,33). The SMILES string of the molecule is O=C(COCC(=O)Nc1ccc(Cl)cc1C(=O)c1ccccc1)Nc1ccc(Cl)cc1C(=O)O. The van der Waals surface area contributed by atoms with Crippen LogP contribution in [0.5, 0.6) is 0 Å². The minimum Gasteiger partial charge on any atom is -0.478 e. The fourth-order valence-electron chi connectivity index (χ4n) is 2.97. The van der Waals surface area contributed by atoms with Crippen molar-refractivity contribution >= 4 is 58.1 Å². The van der Waals surface area contributed by atoms with Gasteiger partial charge in [-0.3, -0.25) is 14.4 Å². The van der Waals surface area contributed by atoms with Crippen molar-refractivity contribution in [3.05, 3.63) is 93.5 Å². The van der Waals surface area contributed by atoms with Crippen LogP contribution in [0.2, 0.25) is 10.0 Å². The van der Waals surface area contributed by atoms with Crippen molar-refractivity contribution in [2.24, 2.45) is 0 Å². The second kappa shape index (κ2) is 11.4. The van der Waals surface area contributed by atoms with E-state index in [0.717, 1.165) is 0 Å². The Morgan fingerprint density at radius 1 is 0.735 bits per heavy atom. The van der Waals surface area contributed by atoms with Gasteiger partial charge in [0.25, 0.3) is 0 Å². The largest absolute Gasteiger partial charge is 0.478 e. The van der Waals surface area contributed by atoms with Crippen molar-refractivity contribution in [1.29, 1.82) is 0 Å². The molecule has 0 radical (unpaired) electrons. The first-order valence-electron chi connectivity index (χ1n) is 9.84. The summed E-state index contributed by atoms with van der Waals surface area (Å²) in [7, 11) is 0. The van der Waals surface area contributed by atoms with Gasteiger partial charge in [0.1, 0.15) is 13.2 Å². The van der Waals surface area contributed by atoms with Crippen molar-refractivity contribution in [3.63, 3.8) is 0 Å². The summed E-state index contributed by atoms with van der Waals surface area (Å²) in [5.74, 6) is -2.85. The molecular formula is C24H18Cl2N2O6. The number of carbonyl (C=O) groups excluding carboxylic acids is 3. The van der Waals surface area contributed by atoms with E-state index in [-0.39, 0.29) is 33.3 Å². The zero-order valence-corrected chi connectivity index (χ0v) is 19.0. The third-order valence-electron chi connectivity index (χ3n) is 4.49. The molecule has 0 aromatic heterocycles. The number of nitrogens with one attached hydrogen (secondary N) is 2. The van der Waals surface area contributed by atoms with Gasteiger partial charge in [0.2, 0.25) is 11.8 Å². The second-order valence-electron chi connectivity index (χ2n) is 6.97. The highest BCUT2D eigenvalue weighted by molar-refractivity contribution is 6.31. The predicted octanol–water partition coefficient (Wildman–Crippen LogP) is 4.52. The topological polar surface area (TPSA) is 122 Å². The normalized spacial score (nSPS) is 10.4. The number of anilines is 2. The molecule has 0 aliphatic carbocycles. The fourth-order valence-corrected chi connectivity index (χ4v) is 3.31. The average molecular weight is 501 g/mol. The Hall–Kier alpha value is -3.72. The number of hydrogen-bond acceptors (Lipinski definition) is 5. The van der Waals surface area contributed by atoms with E-state index in [2.05, 4.69) is 10.6 Å². The van der Waals surface area contributed by atoms with E-state index in [1.807, 2.05) is 0 Å². The molecule has 0 spiro atoms. The van der Waals surface area contributed by atoms with Crippen LogP contribution >= 0.6 is 23.2 Å². The Labute approximate surface area is 204 Å². The molecule has 2 amide bonds. The van der Waals surface area contributed by atoms with Crippen LogP contribution in [0, 0.1) is 0 Å². The molecule has 10 heteroatoms. The van der Waals surface area contributed by atoms with Crippen LogP contribution in [-0.2, 0) is 14.3 Å². The number of carbonyl (C=O) groups is 4. The molecule has 0 aliphatic rings. The third kappa shape index (κ3) is 6.64. The molecule has 0 bridgehead atoms. The molecule has 0 unspecified atom stereocenters. The molecule has 0 fully saturated rings. The summed E-state index contributed by atoms with van der Waals surface area (Å²) in [6.45, 7) is -0.993. The molecule has 3 aromatic carbocycles. The predicted molar refractivity (Wildman–Crippen MR) is 128 cm³/mol. The number of halogens is 2. The zero-order valence-electron chi connectivity index (χ0n) is 17.5. The maximum Gasteiger partial charge on any atom is 0.337 e. The summed E-state index contributed by atoms with van der Waals surface area (Å²) in [5.41, 5.74) is 0.727. The number of amides is 2. The number of carboxylic acid groups (broad SMARTS) is 1. The van der Waals surface area contributed by atoms with Gasteiger partial charge < -0.3 is 20.5 Å². The smallest absolute Gasteiger partial charge is 0.337 e. The van der Waals surface area contributed by atoms with Crippen molar-refractivity contribution in [2.75, 3.05) is 23.8 Å². The Balaban J connectivity index is 1.58. The summed E-state index contributed by atoms with van der Waals surface area (Å²) in [6, 6.07) is 17.0. The molecule has 174 valence electrons. The number of carboxylic acids is 1. The average Bonchev–Trinajstić information content (AvgIpc) is 2.81. The minimum atomic E-state index is -1.26. The van der Waals surface area contributed by atoms with Crippen molar-refractivity contribution in [2.45, 2.75) is 0 Å². The summed E-state index contributed by atoms with van der Waals surface area (Å²) in [5, 5.41) is 14.7. The van der Waals surface area contributed by atoms with Crippen LogP contribution in [-0.4, -0.2) is 41.9 Å². The Morgan fingerprint density at radius 2 is 1.24 bits per heavy atom. The van der Waals surface area contributed by atoms with Gasteiger partial charge in [-0.15, -0.1) is 0 Å². The van der Waals surface area contributed by atoms with Crippen LogP contribution in [0.25, 0.3) is 0 Å². The second-order valence-corrected chi connectivity index (χ2v) is 7.84. The fraction of sp³-hybridized carbons (Fsp3) is 0.0833. The third-order valence-corrected chi connectivity index (χ3v) is 4.96. The van der Waals surface area contributed by atoms with Crippen molar-refractivity contribution in [1.82, 2.24) is 0 Å². The highest BCUT2D eigenvalue weighted by atomic mass is 35.5. The maximum absolute atomic E-state index is 12.8. The van der Waals surface area contributed by atoms with E-state index in [1.54, 1.807) is 30.3 Å². The molecule has 3 N–H and O–H groups in total. The highest BCUT2D eigenvalue weighted by Gasteiger charge is 2.17. The van der Waals surface area contributed by atoms with E-state index >= 15 is 0 Å². The van der Waals surface area contributed by atoms with Gasteiger partial charge >= 0.3 is 5.97 Å². The van der Waals surface area contributed by atoms with Gasteiger partial charge in [-0.05, 0) is 36.4 Å². The molecule has 0 saturated carbocycles. The van der Waals surface area contributed by atoms with E-state index in [1.165, 1.54) is 36.4 Å². The van der Waals surface area contributed by atoms with Crippen molar-refractivity contribution < 1.29 is 29.0 Å². The molecule has 0 aliphatic heterocycles. The molecular weight excluding hydrogens is 483 g/mol. The molecule has 3 rings (SSSR count). The lowest BCUT2D eigenvalue weighted by molar-refractivity contribution is -0.125. The first-order valence-corrected chi connectivity index (χ1v) is 10.6. The number of ketones is 1. The lowest BCUT2D eigenvalue weighted by atomic mass is 10.0. The number of aromatic carboxylic acids is 1. The summed E-state index contributed by atoms with van der Waals surface area (Å²) < 4.78 is 5.13. The lowest BCUT2D eigenvalue weighted by Crippen LogP contribution is -2.25. The number of benzene rings is 3. The Bertz CT molecular complexity index is 1250. The van der Waals surface area contributed by atoms with E-state index in [4.69, 9.17) is 27.9 Å². The van der Waals surface area contributed by atoms with E-state index in [0.29, 0.717) is 10.6 Å². The van der Waals surface area contributed by atoms with Gasteiger partial charge in [0.15, 0.2) is 5.78 Å². The lowest BCUT2D eigenvalue weighted by Gasteiger charge is -2.12. The summed E-state index contributed by atoms with van der Waals surface area (Å²) in [4.78, 5) is 48.5. The van der Waals surface area contributed by atoms with Crippen LogP contribution in [0.3, 0.4) is 0 Å². The summed E-state index contributed by atoms with van der Waals surface area (Å²) in [6.07, 6.45) is 0. The Kier molecular flexibility index (Phi) is 8.37. The number of hydrogen-bond donors (Lipinski definition) is 3. The van der Waals surface area contributed by atoms with Gasteiger partial charge in [-0.1, -0.05) is 53.5 Å². The van der Waals surface area contributed by atoms with Gasteiger partial charge in [-0.2, -0.15) is 0 Å². The zero-order chi connectivity index (χ0) is 24.7. The van der Waals surface area contributed by atoms with Gasteiger partial charge in [0, 0.05) is 21.2 Å². The molecule has 34 heavy (non-hydrogen) atoms. The van der Waals surface area contributed by atoms with Crippen LogP contribution in [0.4, 0.5) is 11.4 Å². The highest BCUT2D eigenvalue weighted by Crippen LogP contribution is 2.24. The first-order chi connectivity index (χ1) is 16.2. The van der Waals surface area contributed by atoms with Gasteiger partial charge in [-0.25, -0.2) is 4.79 Å². The number of rotatable bonds is 9. The van der Waals surface area contributed by atoms with Gasteiger partial charge in [0.05, 0.1) is 16.9 Å². The van der Waals surface area contributed by atoms with Crippen molar-refractivity contribution in [3.8, 4) is 0 Å². The number of ether oxygens (including phenoxy) is 1. The maximum atomic E-state index is 12.8. The van der Waals surface area contributed by atoms with E-state index < -0.39 is 31.0 Å². The molecule has 8 nitrogen and oxygen atoms in total.